The molecule has 0 aromatic carbocycles. The van der Waals surface area contributed by atoms with Gasteiger partial charge in [-0.25, -0.2) is 0 Å². The molecule has 0 spiro atoms. The van der Waals surface area contributed by atoms with Crippen LogP contribution < -0.4 is 11.5 Å². The molecule has 4 heteroatoms. The van der Waals surface area contributed by atoms with Crippen LogP contribution in [-0.4, -0.2) is 36.0 Å². The third-order valence-corrected chi connectivity index (χ3v) is 2.68. The lowest BCUT2D eigenvalue weighted by atomic mass is 9.86. The van der Waals surface area contributed by atoms with Gasteiger partial charge >= 0.3 is 0 Å². The number of ether oxygens (including phenoxy) is 1. The van der Waals surface area contributed by atoms with Crippen molar-refractivity contribution in [2.24, 2.45) is 17.4 Å². The van der Waals surface area contributed by atoms with E-state index >= 15 is 0 Å². The van der Waals surface area contributed by atoms with Crippen LogP contribution in [0.15, 0.2) is 0 Å². The molecule has 0 amide bonds. The first-order valence-corrected chi connectivity index (χ1v) is 4.37. The quantitative estimate of drug-likeness (QED) is 0.479. The topological polar surface area (TPSA) is 81.5 Å². The number of hydrogen-bond donors (Lipinski definition) is 3. The maximum absolute atomic E-state index is 9.58. The minimum Gasteiger partial charge on any atom is -0.390 e. The molecule has 0 radical (unpaired) electrons. The first-order chi connectivity index (χ1) is 5.57. The second-order valence-corrected chi connectivity index (χ2v) is 3.54. The molecule has 0 saturated carbocycles. The fourth-order valence-corrected chi connectivity index (χ4v) is 1.65. The third kappa shape index (κ3) is 1.61. The Morgan fingerprint density at radius 2 is 2.00 bits per heavy atom. The monoisotopic (exact) mass is 174 g/mol. The van der Waals surface area contributed by atoms with Gasteiger partial charge in [0.25, 0.3) is 0 Å². The van der Waals surface area contributed by atoms with E-state index in [4.69, 9.17) is 16.2 Å². The lowest BCUT2D eigenvalue weighted by molar-refractivity contribution is -0.139. The normalized spacial score (nSPS) is 49.2. The SMILES string of the molecule is CC1C(N)C(CN)O[C@@H](C)[C@@H]1O. The van der Waals surface area contributed by atoms with Crippen LogP contribution in [0.4, 0.5) is 0 Å². The summed E-state index contributed by atoms with van der Waals surface area (Å²) in [5.41, 5.74) is 11.3. The van der Waals surface area contributed by atoms with Gasteiger partial charge in [0.15, 0.2) is 0 Å². The molecule has 0 aliphatic carbocycles. The fourth-order valence-electron chi connectivity index (χ4n) is 1.65. The van der Waals surface area contributed by atoms with Gasteiger partial charge in [0.1, 0.15) is 0 Å². The Morgan fingerprint density at radius 1 is 1.42 bits per heavy atom. The van der Waals surface area contributed by atoms with Crippen LogP contribution in [0, 0.1) is 5.92 Å². The predicted octanol–water partition coefficient (Wildman–Crippen LogP) is -0.943. The van der Waals surface area contributed by atoms with Gasteiger partial charge in [-0.2, -0.15) is 0 Å². The first kappa shape index (κ1) is 9.92. The van der Waals surface area contributed by atoms with Crippen LogP contribution in [0.1, 0.15) is 13.8 Å². The van der Waals surface area contributed by atoms with E-state index in [0.717, 1.165) is 0 Å². The van der Waals surface area contributed by atoms with E-state index < -0.39 is 6.10 Å². The summed E-state index contributed by atoms with van der Waals surface area (Å²) in [6.45, 7) is 4.19. The minimum atomic E-state index is -0.470. The van der Waals surface area contributed by atoms with Crippen molar-refractivity contribution in [1.82, 2.24) is 0 Å². The summed E-state index contributed by atoms with van der Waals surface area (Å²) in [6.07, 6.45) is -0.741. The summed E-state index contributed by atoms with van der Waals surface area (Å²) in [7, 11) is 0. The second kappa shape index (κ2) is 3.70. The Kier molecular flexibility index (Phi) is 3.06. The van der Waals surface area contributed by atoms with Crippen molar-refractivity contribution in [3.8, 4) is 0 Å². The molecule has 4 nitrogen and oxygen atoms in total. The summed E-state index contributed by atoms with van der Waals surface area (Å²) in [6, 6.07) is -0.152. The average Bonchev–Trinajstić information content (AvgIpc) is 2.08. The van der Waals surface area contributed by atoms with Crippen LogP contribution in [0.25, 0.3) is 0 Å². The van der Waals surface area contributed by atoms with Crippen molar-refractivity contribution in [3.05, 3.63) is 0 Å². The van der Waals surface area contributed by atoms with E-state index in [0.29, 0.717) is 6.54 Å². The van der Waals surface area contributed by atoms with Gasteiger partial charge in [0, 0.05) is 18.5 Å². The van der Waals surface area contributed by atoms with Crippen molar-refractivity contribution in [3.63, 3.8) is 0 Å². The van der Waals surface area contributed by atoms with Crippen molar-refractivity contribution in [1.29, 1.82) is 0 Å². The van der Waals surface area contributed by atoms with Gasteiger partial charge in [0.05, 0.1) is 18.3 Å². The number of hydrogen-bond acceptors (Lipinski definition) is 4. The zero-order valence-electron chi connectivity index (χ0n) is 7.60. The Bertz CT molecular complexity index is 149. The highest BCUT2D eigenvalue weighted by atomic mass is 16.5. The number of aliphatic hydroxyl groups excluding tert-OH is 1. The molecular weight excluding hydrogens is 156 g/mol. The molecule has 3 unspecified atom stereocenters. The van der Waals surface area contributed by atoms with Crippen molar-refractivity contribution in [2.45, 2.75) is 38.2 Å². The highest BCUT2D eigenvalue weighted by Crippen LogP contribution is 2.23. The number of nitrogens with two attached hydrogens (primary N) is 2. The number of rotatable bonds is 1. The summed E-state index contributed by atoms with van der Waals surface area (Å²) in [4.78, 5) is 0. The van der Waals surface area contributed by atoms with Crippen LogP contribution in [0.2, 0.25) is 0 Å². The molecule has 1 saturated heterocycles. The smallest absolute Gasteiger partial charge is 0.0856 e. The maximum atomic E-state index is 9.58. The number of aliphatic hydroxyl groups is 1. The zero-order valence-corrected chi connectivity index (χ0v) is 7.60. The molecule has 1 fully saturated rings. The molecule has 1 aliphatic rings. The Labute approximate surface area is 72.9 Å². The van der Waals surface area contributed by atoms with Gasteiger partial charge < -0.3 is 21.3 Å². The van der Waals surface area contributed by atoms with E-state index in [1.165, 1.54) is 0 Å². The third-order valence-electron chi connectivity index (χ3n) is 2.68. The summed E-state index contributed by atoms with van der Waals surface area (Å²) in [5.74, 6) is 0.0577. The van der Waals surface area contributed by atoms with Crippen LogP contribution in [-0.2, 0) is 4.74 Å². The van der Waals surface area contributed by atoms with Gasteiger partial charge in [-0.05, 0) is 6.92 Å². The minimum absolute atomic E-state index is 0.0577. The van der Waals surface area contributed by atoms with E-state index in [1.807, 2.05) is 13.8 Å². The van der Waals surface area contributed by atoms with Gasteiger partial charge in [0.2, 0.25) is 0 Å². The summed E-state index contributed by atoms with van der Waals surface area (Å²) < 4.78 is 5.43. The molecule has 1 heterocycles. The Hall–Kier alpha value is -0.160. The molecule has 0 aromatic heterocycles. The molecule has 0 bridgehead atoms. The Morgan fingerprint density at radius 3 is 2.50 bits per heavy atom. The molecule has 0 aromatic rings. The van der Waals surface area contributed by atoms with Crippen LogP contribution >= 0.6 is 0 Å². The predicted molar refractivity (Wildman–Crippen MR) is 46.5 cm³/mol. The highest BCUT2D eigenvalue weighted by Gasteiger charge is 2.37. The van der Waals surface area contributed by atoms with Crippen molar-refractivity contribution >= 4 is 0 Å². The lowest BCUT2D eigenvalue weighted by Gasteiger charge is -2.40. The van der Waals surface area contributed by atoms with E-state index in [-0.39, 0.29) is 24.2 Å². The summed E-state index contributed by atoms with van der Waals surface area (Å²) >= 11 is 0. The molecule has 72 valence electrons. The molecular formula is C8H18N2O2. The van der Waals surface area contributed by atoms with E-state index in [2.05, 4.69) is 0 Å². The average molecular weight is 174 g/mol. The molecule has 12 heavy (non-hydrogen) atoms. The largest absolute Gasteiger partial charge is 0.390 e. The molecule has 5 N–H and O–H groups in total. The van der Waals surface area contributed by atoms with Gasteiger partial charge in [-0.1, -0.05) is 6.92 Å². The van der Waals surface area contributed by atoms with Gasteiger partial charge in [-0.15, -0.1) is 0 Å². The molecule has 1 rings (SSSR count). The van der Waals surface area contributed by atoms with E-state index in [9.17, 15) is 5.11 Å². The lowest BCUT2D eigenvalue weighted by Crippen LogP contribution is -2.58. The van der Waals surface area contributed by atoms with Gasteiger partial charge in [-0.3, -0.25) is 0 Å². The van der Waals surface area contributed by atoms with Crippen molar-refractivity contribution in [2.75, 3.05) is 6.54 Å². The van der Waals surface area contributed by atoms with Crippen LogP contribution in [0.3, 0.4) is 0 Å². The first-order valence-electron chi connectivity index (χ1n) is 4.37. The van der Waals surface area contributed by atoms with Crippen molar-refractivity contribution < 1.29 is 9.84 Å². The Balaban J connectivity index is 2.63. The molecule has 1 aliphatic heterocycles. The standard InChI is InChI=1S/C8H18N2O2/c1-4-7(10)6(3-9)12-5(2)8(4)11/h4-8,11H,3,9-10H2,1-2H3/t4?,5-,6?,7?,8+/m0/s1. The fraction of sp³-hybridized carbons (Fsp3) is 1.00. The summed E-state index contributed by atoms with van der Waals surface area (Å²) in [5, 5.41) is 9.58. The second-order valence-electron chi connectivity index (χ2n) is 3.54. The van der Waals surface area contributed by atoms with Crippen LogP contribution in [0.5, 0.6) is 0 Å². The highest BCUT2D eigenvalue weighted by molar-refractivity contribution is 4.91. The van der Waals surface area contributed by atoms with E-state index in [1.54, 1.807) is 0 Å². The zero-order chi connectivity index (χ0) is 9.30. The molecule has 5 atom stereocenters. The maximum Gasteiger partial charge on any atom is 0.0856 e.